The molecule has 1 atom stereocenters. The molecule has 0 aromatic carbocycles. The van der Waals surface area contributed by atoms with E-state index in [4.69, 9.17) is 9.52 Å². The van der Waals surface area contributed by atoms with E-state index in [9.17, 15) is 9.59 Å². The molecule has 1 aromatic heterocycles. The van der Waals surface area contributed by atoms with Crippen molar-refractivity contribution in [3.05, 3.63) is 23.7 Å². The molecule has 2 heterocycles. The number of rotatable bonds is 3. The lowest BCUT2D eigenvalue weighted by molar-refractivity contribution is -0.143. The number of aliphatic carboxylic acids is 1. The third-order valence-corrected chi connectivity index (χ3v) is 3.43. The summed E-state index contributed by atoms with van der Waals surface area (Å²) in [4.78, 5) is 24.4. The second-order valence-electron chi connectivity index (χ2n) is 4.81. The average molecular weight is 266 g/mol. The molecule has 0 bridgehead atoms. The van der Waals surface area contributed by atoms with Crippen LogP contribution >= 0.6 is 0 Å². The summed E-state index contributed by atoms with van der Waals surface area (Å²) in [5.41, 5.74) is 0.988. The average Bonchev–Trinajstić information content (AvgIpc) is 2.81. The number of nitrogens with zero attached hydrogens (tertiary/aromatic N) is 1. The summed E-state index contributed by atoms with van der Waals surface area (Å²) in [6.45, 7) is 3.11. The Morgan fingerprint density at radius 1 is 1.58 bits per heavy atom. The highest BCUT2D eigenvalue weighted by atomic mass is 16.4. The van der Waals surface area contributed by atoms with Crippen molar-refractivity contribution in [2.24, 2.45) is 5.92 Å². The molecule has 0 saturated carbocycles. The van der Waals surface area contributed by atoms with Crippen molar-refractivity contribution in [1.82, 2.24) is 10.2 Å². The normalized spacial score (nSPS) is 19.2. The van der Waals surface area contributed by atoms with E-state index in [1.54, 1.807) is 11.2 Å². The van der Waals surface area contributed by atoms with E-state index in [0.717, 1.165) is 17.7 Å². The zero-order valence-corrected chi connectivity index (χ0v) is 10.9. The molecule has 2 rings (SSSR count). The molecule has 6 nitrogen and oxygen atoms in total. The maximum Gasteiger partial charge on any atom is 0.317 e. The van der Waals surface area contributed by atoms with E-state index < -0.39 is 11.9 Å². The fourth-order valence-corrected chi connectivity index (χ4v) is 2.22. The second kappa shape index (κ2) is 5.77. The Morgan fingerprint density at radius 2 is 2.37 bits per heavy atom. The van der Waals surface area contributed by atoms with Crippen molar-refractivity contribution in [3.63, 3.8) is 0 Å². The van der Waals surface area contributed by atoms with Gasteiger partial charge in [0.2, 0.25) is 0 Å². The Hall–Kier alpha value is -1.98. The summed E-state index contributed by atoms with van der Waals surface area (Å²) >= 11 is 0. The Labute approximate surface area is 111 Å². The van der Waals surface area contributed by atoms with Gasteiger partial charge >= 0.3 is 12.0 Å². The summed E-state index contributed by atoms with van der Waals surface area (Å²) in [7, 11) is 0. The number of carbonyl (C=O) groups excluding carboxylic acids is 1. The van der Waals surface area contributed by atoms with E-state index in [0.29, 0.717) is 19.5 Å². The van der Waals surface area contributed by atoms with Gasteiger partial charge in [0.1, 0.15) is 5.76 Å². The monoisotopic (exact) mass is 266 g/mol. The Morgan fingerprint density at radius 3 is 3.00 bits per heavy atom. The number of carboxylic acids is 1. The number of nitrogens with one attached hydrogen (secondary N) is 1. The van der Waals surface area contributed by atoms with Gasteiger partial charge in [-0.2, -0.15) is 0 Å². The highest BCUT2D eigenvalue weighted by Gasteiger charge is 2.28. The molecule has 1 aromatic rings. The Balaban J connectivity index is 1.86. The third kappa shape index (κ3) is 3.27. The van der Waals surface area contributed by atoms with Crippen LogP contribution in [-0.4, -0.2) is 35.1 Å². The molecule has 1 aliphatic rings. The lowest BCUT2D eigenvalue weighted by Crippen LogP contribution is -2.46. The van der Waals surface area contributed by atoms with E-state index in [-0.39, 0.29) is 12.6 Å². The molecule has 6 heteroatoms. The first kappa shape index (κ1) is 13.5. The van der Waals surface area contributed by atoms with E-state index in [2.05, 4.69) is 5.32 Å². The van der Waals surface area contributed by atoms with Crippen molar-refractivity contribution >= 4 is 12.0 Å². The van der Waals surface area contributed by atoms with Crippen LogP contribution in [0.2, 0.25) is 0 Å². The zero-order chi connectivity index (χ0) is 13.8. The predicted octanol–water partition coefficient (Wildman–Crippen LogP) is 1.59. The zero-order valence-electron chi connectivity index (χ0n) is 10.9. The highest BCUT2D eigenvalue weighted by molar-refractivity contribution is 5.76. The number of aryl methyl sites for hydroxylation is 1. The number of piperidine rings is 1. The number of likely N-dealkylation sites (tertiary alicyclic amines) is 1. The molecule has 1 aliphatic heterocycles. The van der Waals surface area contributed by atoms with Gasteiger partial charge in [0.25, 0.3) is 0 Å². The van der Waals surface area contributed by atoms with Crippen LogP contribution < -0.4 is 5.32 Å². The lowest BCUT2D eigenvalue weighted by Gasteiger charge is -2.30. The molecule has 1 saturated heterocycles. The summed E-state index contributed by atoms with van der Waals surface area (Å²) in [5, 5.41) is 11.7. The van der Waals surface area contributed by atoms with Crippen molar-refractivity contribution < 1.29 is 19.1 Å². The molecule has 0 radical (unpaired) electrons. The molecule has 104 valence electrons. The van der Waals surface area contributed by atoms with Gasteiger partial charge in [0, 0.05) is 13.1 Å². The largest absolute Gasteiger partial charge is 0.481 e. The smallest absolute Gasteiger partial charge is 0.317 e. The van der Waals surface area contributed by atoms with Gasteiger partial charge in [-0.15, -0.1) is 0 Å². The van der Waals surface area contributed by atoms with E-state index >= 15 is 0 Å². The van der Waals surface area contributed by atoms with Crippen LogP contribution in [0.25, 0.3) is 0 Å². The van der Waals surface area contributed by atoms with Crippen LogP contribution in [0.5, 0.6) is 0 Å². The highest BCUT2D eigenvalue weighted by Crippen LogP contribution is 2.16. The first-order chi connectivity index (χ1) is 9.08. The van der Waals surface area contributed by atoms with Crippen molar-refractivity contribution in [2.45, 2.75) is 26.3 Å². The van der Waals surface area contributed by atoms with Gasteiger partial charge in [0.05, 0.1) is 18.7 Å². The number of hydrogen-bond donors (Lipinski definition) is 2. The molecule has 2 amide bonds. The van der Waals surface area contributed by atoms with Gasteiger partial charge in [-0.1, -0.05) is 0 Å². The van der Waals surface area contributed by atoms with Crippen LogP contribution in [0, 0.1) is 12.8 Å². The van der Waals surface area contributed by atoms with Gasteiger partial charge in [-0.25, -0.2) is 4.79 Å². The molecule has 0 aliphatic carbocycles. The van der Waals surface area contributed by atoms with Gasteiger partial charge in [-0.3, -0.25) is 4.79 Å². The minimum Gasteiger partial charge on any atom is -0.481 e. The first-order valence-electron chi connectivity index (χ1n) is 6.36. The van der Waals surface area contributed by atoms with Crippen LogP contribution in [-0.2, 0) is 11.3 Å². The van der Waals surface area contributed by atoms with Gasteiger partial charge < -0.3 is 19.7 Å². The number of furan rings is 1. The minimum atomic E-state index is -0.834. The van der Waals surface area contributed by atoms with Crippen LogP contribution in [0.1, 0.15) is 24.2 Å². The molecular weight excluding hydrogens is 248 g/mol. The number of hydrogen-bond acceptors (Lipinski definition) is 3. The fourth-order valence-electron chi connectivity index (χ4n) is 2.22. The molecular formula is C13H18N2O4. The van der Waals surface area contributed by atoms with Crippen LogP contribution in [0.15, 0.2) is 16.7 Å². The van der Waals surface area contributed by atoms with Crippen molar-refractivity contribution in [1.29, 1.82) is 0 Å². The summed E-state index contributed by atoms with van der Waals surface area (Å²) in [6.07, 6.45) is 2.94. The Bertz CT molecular complexity index is 469. The van der Waals surface area contributed by atoms with E-state index in [1.165, 1.54) is 0 Å². The van der Waals surface area contributed by atoms with Crippen molar-refractivity contribution in [3.8, 4) is 0 Å². The lowest BCUT2D eigenvalue weighted by atomic mass is 9.99. The van der Waals surface area contributed by atoms with Crippen molar-refractivity contribution in [2.75, 3.05) is 13.1 Å². The minimum absolute atomic E-state index is 0.234. The Kier molecular flexibility index (Phi) is 4.09. The van der Waals surface area contributed by atoms with E-state index in [1.807, 2.05) is 13.0 Å². The fraction of sp³-hybridized carbons (Fsp3) is 0.538. The molecule has 1 unspecified atom stereocenters. The van der Waals surface area contributed by atoms with Gasteiger partial charge in [0.15, 0.2) is 0 Å². The standard InChI is InChI=1S/C13H18N2O4/c1-9-4-6-19-11(9)7-14-13(18)15-5-2-3-10(8-15)12(16)17/h4,6,10H,2-3,5,7-8H2,1H3,(H,14,18)(H,16,17). The summed E-state index contributed by atoms with van der Waals surface area (Å²) in [6, 6.07) is 1.60. The quantitative estimate of drug-likeness (QED) is 0.870. The summed E-state index contributed by atoms with van der Waals surface area (Å²) < 4.78 is 5.23. The molecule has 1 fully saturated rings. The van der Waals surface area contributed by atoms with Gasteiger partial charge in [-0.05, 0) is 31.4 Å². The second-order valence-corrected chi connectivity index (χ2v) is 4.81. The number of urea groups is 1. The van der Waals surface area contributed by atoms with Crippen LogP contribution in [0.3, 0.4) is 0 Å². The predicted molar refractivity (Wildman–Crippen MR) is 67.6 cm³/mol. The SMILES string of the molecule is Cc1ccoc1CNC(=O)N1CCCC(C(=O)O)C1. The first-order valence-corrected chi connectivity index (χ1v) is 6.36. The number of carbonyl (C=O) groups is 2. The van der Waals surface area contributed by atoms with Crippen LogP contribution in [0.4, 0.5) is 4.79 Å². The maximum atomic E-state index is 12.0. The molecule has 2 N–H and O–H groups in total. The molecule has 0 spiro atoms. The topological polar surface area (TPSA) is 82.8 Å². The number of amides is 2. The third-order valence-electron chi connectivity index (χ3n) is 3.43. The molecule has 19 heavy (non-hydrogen) atoms. The summed E-state index contributed by atoms with van der Waals surface area (Å²) in [5.74, 6) is -0.565. The maximum absolute atomic E-state index is 12.0. The number of carboxylic acid groups (broad SMARTS) is 1.